The topological polar surface area (TPSA) is 35.6 Å². The largest absolute Gasteiger partial charge is 0.369 e. The molecule has 0 unspecified atom stereocenters. The summed E-state index contributed by atoms with van der Waals surface area (Å²) in [6, 6.07) is 15.9. The number of unbranched alkanes of at least 4 members (excludes halogenated alkanes) is 1. The first-order valence-electron chi connectivity index (χ1n) is 9.85. The first-order chi connectivity index (χ1) is 13.6. The van der Waals surface area contributed by atoms with Gasteiger partial charge >= 0.3 is 0 Å². The predicted molar refractivity (Wildman–Crippen MR) is 118 cm³/mol. The molecule has 2 aromatic carbocycles. The number of rotatable bonds is 8. The van der Waals surface area contributed by atoms with E-state index in [1.54, 1.807) is 12.1 Å². The van der Waals surface area contributed by atoms with Crippen molar-refractivity contribution in [1.29, 1.82) is 0 Å². The lowest BCUT2D eigenvalue weighted by atomic mass is 10.1. The molecule has 6 heteroatoms. The number of hydrogen-bond donors (Lipinski definition) is 1. The summed E-state index contributed by atoms with van der Waals surface area (Å²) in [5.74, 6) is 0.0230. The van der Waals surface area contributed by atoms with Gasteiger partial charge in [-0.15, -0.1) is 0 Å². The number of carbonyl (C=O) groups is 1. The van der Waals surface area contributed by atoms with Gasteiger partial charge in [-0.3, -0.25) is 9.69 Å². The third-order valence-corrected chi connectivity index (χ3v) is 5.80. The molecule has 2 aromatic rings. The van der Waals surface area contributed by atoms with Crippen LogP contribution in [0, 0.1) is 0 Å². The number of anilines is 1. The lowest BCUT2D eigenvalue weighted by Crippen LogP contribution is -2.46. The molecule has 0 saturated carbocycles. The highest BCUT2D eigenvalue weighted by Crippen LogP contribution is 2.22. The lowest BCUT2D eigenvalue weighted by Gasteiger charge is -2.36. The van der Waals surface area contributed by atoms with Gasteiger partial charge in [0.1, 0.15) is 0 Å². The van der Waals surface area contributed by atoms with Gasteiger partial charge in [0.05, 0.1) is 16.5 Å². The third kappa shape index (κ3) is 6.40. The van der Waals surface area contributed by atoms with E-state index in [-0.39, 0.29) is 5.91 Å². The minimum Gasteiger partial charge on any atom is -0.369 e. The monoisotopic (exact) mass is 419 g/mol. The van der Waals surface area contributed by atoms with Gasteiger partial charge in [-0.05, 0) is 49.2 Å². The van der Waals surface area contributed by atoms with Gasteiger partial charge in [0.15, 0.2) is 0 Å². The molecule has 1 amide bonds. The summed E-state index contributed by atoms with van der Waals surface area (Å²) in [6.45, 7) is 6.14. The third-order valence-electron chi connectivity index (χ3n) is 5.07. The van der Waals surface area contributed by atoms with Crippen LogP contribution in [0.25, 0.3) is 0 Å². The van der Waals surface area contributed by atoms with E-state index < -0.39 is 0 Å². The van der Waals surface area contributed by atoms with Gasteiger partial charge in [0.2, 0.25) is 5.91 Å². The summed E-state index contributed by atoms with van der Waals surface area (Å²) in [5.41, 5.74) is 2.19. The van der Waals surface area contributed by atoms with Crippen molar-refractivity contribution in [2.45, 2.75) is 19.3 Å². The molecule has 0 radical (unpaired) electrons. The van der Waals surface area contributed by atoms with Gasteiger partial charge < -0.3 is 10.2 Å². The van der Waals surface area contributed by atoms with Crippen molar-refractivity contribution in [3.05, 3.63) is 64.1 Å². The molecule has 0 spiro atoms. The van der Waals surface area contributed by atoms with Crippen LogP contribution in [0.5, 0.6) is 0 Å². The molecule has 1 aliphatic rings. The fourth-order valence-electron chi connectivity index (χ4n) is 3.45. The molecule has 0 bridgehead atoms. The maximum absolute atomic E-state index is 12.0. The Balaban J connectivity index is 1.27. The van der Waals surface area contributed by atoms with Crippen LogP contribution in [0.2, 0.25) is 10.0 Å². The minimum atomic E-state index is 0.0230. The Labute approximate surface area is 177 Å². The molecule has 150 valence electrons. The van der Waals surface area contributed by atoms with Gasteiger partial charge in [-0.25, -0.2) is 0 Å². The SMILES string of the molecule is O=C(Cc1ccc(Cl)c(Cl)c1)NCCCCN1CCN(c2ccccc2)CC1. The molecule has 0 aliphatic carbocycles. The van der Waals surface area contributed by atoms with Gasteiger partial charge in [-0.2, -0.15) is 0 Å². The molecule has 28 heavy (non-hydrogen) atoms. The van der Waals surface area contributed by atoms with Crippen LogP contribution in [0.1, 0.15) is 18.4 Å². The second-order valence-electron chi connectivity index (χ2n) is 7.15. The van der Waals surface area contributed by atoms with E-state index in [0.717, 1.165) is 51.1 Å². The maximum atomic E-state index is 12.0. The number of para-hydroxylation sites is 1. The van der Waals surface area contributed by atoms with Crippen molar-refractivity contribution < 1.29 is 4.79 Å². The van der Waals surface area contributed by atoms with Gasteiger partial charge in [0, 0.05) is 38.4 Å². The Hall–Kier alpha value is -1.75. The van der Waals surface area contributed by atoms with Crippen LogP contribution in [-0.2, 0) is 11.2 Å². The first-order valence-corrected chi connectivity index (χ1v) is 10.6. The highest BCUT2D eigenvalue weighted by molar-refractivity contribution is 6.42. The van der Waals surface area contributed by atoms with Gasteiger partial charge in [-0.1, -0.05) is 47.5 Å². The molecule has 0 aromatic heterocycles. The number of piperazine rings is 1. The number of halogens is 2. The summed E-state index contributed by atoms with van der Waals surface area (Å²) in [5, 5.41) is 3.98. The Bertz CT molecular complexity index is 762. The molecule has 1 fully saturated rings. The van der Waals surface area contributed by atoms with Crippen LogP contribution in [-0.4, -0.2) is 50.1 Å². The lowest BCUT2D eigenvalue weighted by molar-refractivity contribution is -0.120. The van der Waals surface area contributed by atoms with Crippen molar-refractivity contribution >= 4 is 34.8 Å². The molecule has 1 saturated heterocycles. The maximum Gasteiger partial charge on any atom is 0.224 e. The number of nitrogens with zero attached hydrogens (tertiary/aromatic N) is 2. The van der Waals surface area contributed by atoms with Crippen LogP contribution in [0.15, 0.2) is 48.5 Å². The number of benzene rings is 2. The predicted octanol–water partition coefficient (Wildman–Crippen LogP) is 4.25. The summed E-state index contributed by atoms with van der Waals surface area (Å²) >= 11 is 11.9. The second kappa shape index (κ2) is 10.7. The summed E-state index contributed by atoms with van der Waals surface area (Å²) in [4.78, 5) is 17.0. The summed E-state index contributed by atoms with van der Waals surface area (Å²) in [7, 11) is 0. The number of carbonyl (C=O) groups excluding carboxylic acids is 1. The van der Waals surface area contributed by atoms with Crippen LogP contribution in [0.3, 0.4) is 0 Å². The van der Waals surface area contributed by atoms with E-state index in [2.05, 4.69) is 45.4 Å². The van der Waals surface area contributed by atoms with E-state index in [9.17, 15) is 4.79 Å². The highest BCUT2D eigenvalue weighted by atomic mass is 35.5. The number of amides is 1. The van der Waals surface area contributed by atoms with Crippen molar-refractivity contribution in [1.82, 2.24) is 10.2 Å². The van der Waals surface area contributed by atoms with Gasteiger partial charge in [0.25, 0.3) is 0 Å². The quantitative estimate of drug-likeness (QED) is 0.649. The van der Waals surface area contributed by atoms with E-state index in [4.69, 9.17) is 23.2 Å². The molecule has 1 N–H and O–H groups in total. The fourth-order valence-corrected chi connectivity index (χ4v) is 3.77. The van der Waals surface area contributed by atoms with Crippen molar-refractivity contribution in [3.8, 4) is 0 Å². The van der Waals surface area contributed by atoms with Crippen molar-refractivity contribution in [2.75, 3.05) is 44.2 Å². The Kier molecular flexibility index (Phi) is 8.01. The van der Waals surface area contributed by atoms with E-state index in [1.165, 1.54) is 5.69 Å². The molecule has 4 nitrogen and oxygen atoms in total. The van der Waals surface area contributed by atoms with Crippen LogP contribution in [0.4, 0.5) is 5.69 Å². The average molecular weight is 420 g/mol. The van der Waals surface area contributed by atoms with Crippen LogP contribution < -0.4 is 10.2 Å². The molecule has 3 rings (SSSR count). The van der Waals surface area contributed by atoms with E-state index >= 15 is 0 Å². The summed E-state index contributed by atoms with van der Waals surface area (Å²) < 4.78 is 0. The molecular formula is C22H27Cl2N3O. The first kappa shape index (κ1) is 21.0. The number of hydrogen-bond acceptors (Lipinski definition) is 3. The zero-order chi connectivity index (χ0) is 19.8. The minimum absolute atomic E-state index is 0.0230. The number of nitrogens with one attached hydrogen (secondary N) is 1. The molecule has 1 aliphatic heterocycles. The molecule has 1 heterocycles. The smallest absolute Gasteiger partial charge is 0.224 e. The Morgan fingerprint density at radius 2 is 1.68 bits per heavy atom. The summed E-state index contributed by atoms with van der Waals surface area (Å²) in [6.07, 6.45) is 2.42. The van der Waals surface area contributed by atoms with E-state index in [1.807, 2.05) is 6.07 Å². The normalized spacial score (nSPS) is 14.9. The zero-order valence-corrected chi connectivity index (χ0v) is 17.6. The highest BCUT2D eigenvalue weighted by Gasteiger charge is 2.16. The standard InChI is InChI=1S/C22H27Cl2N3O/c23-20-9-8-18(16-21(20)24)17-22(28)25-10-4-5-11-26-12-14-27(15-13-26)19-6-2-1-3-7-19/h1-3,6-9,16H,4-5,10-15,17H2,(H,25,28). The Morgan fingerprint density at radius 1 is 0.929 bits per heavy atom. The second-order valence-corrected chi connectivity index (χ2v) is 7.96. The van der Waals surface area contributed by atoms with Crippen molar-refractivity contribution in [3.63, 3.8) is 0 Å². The van der Waals surface area contributed by atoms with E-state index in [0.29, 0.717) is 23.0 Å². The zero-order valence-electron chi connectivity index (χ0n) is 16.0. The fraction of sp³-hybridized carbons (Fsp3) is 0.409. The van der Waals surface area contributed by atoms with Crippen LogP contribution >= 0.6 is 23.2 Å². The molecular weight excluding hydrogens is 393 g/mol. The average Bonchev–Trinajstić information content (AvgIpc) is 2.72. The molecule has 0 atom stereocenters. The van der Waals surface area contributed by atoms with Crippen molar-refractivity contribution in [2.24, 2.45) is 0 Å². The Morgan fingerprint density at radius 3 is 2.39 bits per heavy atom.